The van der Waals surface area contributed by atoms with Gasteiger partial charge in [-0.15, -0.1) is 10.2 Å². The summed E-state index contributed by atoms with van der Waals surface area (Å²) in [6.45, 7) is 1.98. The van der Waals surface area contributed by atoms with Gasteiger partial charge >= 0.3 is 0 Å². The number of amides is 2. The SMILES string of the molecule is CCc1nnc(NC(=O)c2ccc(/C=C3\SC(=S)N(C)C3=O)cc2)s1. The number of likely N-dealkylation sites (N-methyl/N-ethyl adjacent to an activating group) is 1. The van der Waals surface area contributed by atoms with E-state index in [0.717, 1.165) is 17.0 Å². The van der Waals surface area contributed by atoms with E-state index in [4.69, 9.17) is 12.2 Å². The highest BCUT2D eigenvalue weighted by Gasteiger charge is 2.28. The van der Waals surface area contributed by atoms with Crippen LogP contribution in [0.3, 0.4) is 0 Å². The average molecular weight is 391 g/mol. The molecule has 25 heavy (non-hydrogen) atoms. The van der Waals surface area contributed by atoms with Gasteiger partial charge in [-0.2, -0.15) is 0 Å². The summed E-state index contributed by atoms with van der Waals surface area (Å²) in [5, 5.41) is 12.0. The number of carbonyl (C=O) groups is 2. The molecule has 1 aromatic heterocycles. The first-order chi connectivity index (χ1) is 12.0. The lowest BCUT2D eigenvalue weighted by molar-refractivity contribution is -0.121. The summed E-state index contributed by atoms with van der Waals surface area (Å²) in [5.41, 5.74) is 1.34. The summed E-state index contributed by atoms with van der Waals surface area (Å²) in [5.74, 6) is -0.356. The Kier molecular flexibility index (Phi) is 5.26. The Hall–Kier alpha value is -2.10. The second kappa shape index (κ2) is 7.42. The molecule has 0 bridgehead atoms. The van der Waals surface area contributed by atoms with E-state index in [1.54, 1.807) is 37.4 Å². The predicted molar refractivity (Wildman–Crippen MR) is 105 cm³/mol. The molecule has 1 saturated heterocycles. The van der Waals surface area contributed by atoms with Gasteiger partial charge in [0, 0.05) is 12.6 Å². The summed E-state index contributed by atoms with van der Waals surface area (Å²) < 4.78 is 0.538. The van der Waals surface area contributed by atoms with Gasteiger partial charge < -0.3 is 0 Å². The van der Waals surface area contributed by atoms with Crippen molar-refractivity contribution in [3.05, 3.63) is 45.3 Å². The van der Waals surface area contributed by atoms with Gasteiger partial charge in [-0.1, -0.05) is 54.4 Å². The van der Waals surface area contributed by atoms with Crippen LogP contribution in [0.25, 0.3) is 6.08 Å². The smallest absolute Gasteiger partial charge is 0.265 e. The van der Waals surface area contributed by atoms with Gasteiger partial charge in [0.15, 0.2) is 0 Å². The van der Waals surface area contributed by atoms with E-state index in [9.17, 15) is 9.59 Å². The van der Waals surface area contributed by atoms with E-state index >= 15 is 0 Å². The van der Waals surface area contributed by atoms with E-state index in [1.807, 2.05) is 6.92 Å². The normalized spacial score (nSPS) is 15.9. The molecule has 2 aromatic rings. The number of thiocarbonyl (C=S) groups is 1. The first-order valence-corrected chi connectivity index (χ1v) is 9.47. The van der Waals surface area contributed by atoms with E-state index in [0.29, 0.717) is 19.9 Å². The lowest BCUT2D eigenvalue weighted by Gasteiger charge is -2.04. The van der Waals surface area contributed by atoms with Crippen LogP contribution in [0.2, 0.25) is 0 Å². The van der Waals surface area contributed by atoms with E-state index in [2.05, 4.69) is 15.5 Å². The first-order valence-electron chi connectivity index (χ1n) is 7.43. The van der Waals surface area contributed by atoms with Gasteiger partial charge in [0.05, 0.1) is 4.91 Å². The predicted octanol–water partition coefficient (Wildman–Crippen LogP) is 3.18. The molecule has 0 saturated carbocycles. The van der Waals surface area contributed by atoms with Crippen molar-refractivity contribution in [2.45, 2.75) is 13.3 Å². The molecular weight excluding hydrogens is 376 g/mol. The summed E-state index contributed by atoms with van der Waals surface area (Å²) in [7, 11) is 1.66. The van der Waals surface area contributed by atoms with Crippen LogP contribution < -0.4 is 5.32 Å². The molecule has 128 valence electrons. The lowest BCUT2D eigenvalue weighted by atomic mass is 10.1. The molecule has 0 aliphatic carbocycles. The summed E-state index contributed by atoms with van der Waals surface area (Å²) >= 11 is 7.73. The molecule has 1 aromatic carbocycles. The quantitative estimate of drug-likeness (QED) is 0.638. The van der Waals surface area contributed by atoms with Gasteiger partial charge in [-0.05, 0) is 30.2 Å². The van der Waals surface area contributed by atoms with E-state index in [-0.39, 0.29) is 11.8 Å². The van der Waals surface area contributed by atoms with Crippen LogP contribution in [-0.2, 0) is 11.2 Å². The molecule has 2 amide bonds. The number of rotatable bonds is 4. The van der Waals surface area contributed by atoms with Crippen molar-refractivity contribution in [3.8, 4) is 0 Å². The summed E-state index contributed by atoms with van der Waals surface area (Å²) in [6, 6.07) is 6.98. The maximum Gasteiger partial charge on any atom is 0.265 e. The molecule has 1 aliphatic rings. The van der Waals surface area contributed by atoms with Crippen LogP contribution >= 0.6 is 35.3 Å². The van der Waals surface area contributed by atoms with Crippen LogP contribution in [-0.4, -0.2) is 38.3 Å². The molecule has 1 N–H and O–H groups in total. The van der Waals surface area contributed by atoms with Gasteiger partial charge in [-0.25, -0.2) is 0 Å². The molecule has 0 spiro atoms. The fourth-order valence-corrected chi connectivity index (χ4v) is 3.90. The van der Waals surface area contributed by atoms with Crippen LogP contribution in [0.15, 0.2) is 29.2 Å². The standard InChI is InChI=1S/C16H14N4O2S3/c1-3-12-18-19-15(25-12)17-13(21)10-6-4-9(5-7-10)8-11-14(22)20(2)16(23)24-11/h4-8H,3H2,1-2H3,(H,17,19,21)/b11-8-. The Morgan fingerprint density at radius 3 is 2.60 bits per heavy atom. The monoisotopic (exact) mass is 390 g/mol. The lowest BCUT2D eigenvalue weighted by Crippen LogP contribution is -2.22. The third-order valence-corrected chi connectivity index (χ3v) is 5.91. The number of nitrogens with zero attached hydrogens (tertiary/aromatic N) is 3. The number of benzene rings is 1. The molecule has 2 heterocycles. The summed E-state index contributed by atoms with van der Waals surface area (Å²) in [6.07, 6.45) is 2.55. The zero-order valence-electron chi connectivity index (χ0n) is 13.5. The summed E-state index contributed by atoms with van der Waals surface area (Å²) in [4.78, 5) is 26.3. The third kappa shape index (κ3) is 3.94. The minimum atomic E-state index is -0.245. The second-order valence-electron chi connectivity index (χ2n) is 5.17. The zero-order chi connectivity index (χ0) is 18.0. The van der Waals surface area contributed by atoms with Crippen molar-refractivity contribution in [1.82, 2.24) is 15.1 Å². The van der Waals surface area contributed by atoms with Crippen molar-refractivity contribution >= 4 is 62.7 Å². The number of carbonyl (C=O) groups excluding carboxylic acids is 2. The maximum absolute atomic E-state index is 12.2. The van der Waals surface area contributed by atoms with Gasteiger partial charge in [0.25, 0.3) is 11.8 Å². The van der Waals surface area contributed by atoms with Crippen LogP contribution in [0.4, 0.5) is 5.13 Å². The number of aromatic nitrogens is 2. The van der Waals surface area contributed by atoms with E-state index in [1.165, 1.54) is 28.0 Å². The molecule has 9 heteroatoms. The number of aryl methyl sites for hydroxylation is 1. The third-order valence-electron chi connectivity index (χ3n) is 3.45. The topological polar surface area (TPSA) is 75.2 Å². The molecule has 1 fully saturated rings. The number of hydrogen-bond donors (Lipinski definition) is 1. The number of hydrogen-bond acceptors (Lipinski definition) is 7. The van der Waals surface area contributed by atoms with Gasteiger partial charge in [-0.3, -0.25) is 19.8 Å². The molecule has 0 atom stereocenters. The van der Waals surface area contributed by atoms with Crippen LogP contribution in [0, 0.1) is 0 Å². The average Bonchev–Trinajstić information content (AvgIpc) is 3.16. The minimum Gasteiger partial charge on any atom is -0.296 e. The molecule has 0 radical (unpaired) electrons. The Morgan fingerprint density at radius 2 is 2.04 bits per heavy atom. The molecule has 3 rings (SSSR count). The van der Waals surface area contributed by atoms with Crippen molar-refractivity contribution in [3.63, 3.8) is 0 Å². The van der Waals surface area contributed by atoms with Gasteiger partial charge in [0.2, 0.25) is 5.13 Å². The van der Waals surface area contributed by atoms with Crippen LogP contribution in [0.5, 0.6) is 0 Å². The van der Waals surface area contributed by atoms with Crippen LogP contribution in [0.1, 0.15) is 27.9 Å². The Labute approximate surface area is 158 Å². The Balaban J connectivity index is 1.70. The molecular formula is C16H14N4O2S3. The van der Waals surface area contributed by atoms with Gasteiger partial charge in [0.1, 0.15) is 9.33 Å². The molecule has 1 aliphatic heterocycles. The molecule has 0 unspecified atom stereocenters. The minimum absolute atomic E-state index is 0.111. The fourth-order valence-electron chi connectivity index (χ4n) is 2.04. The molecule has 6 nitrogen and oxygen atoms in total. The highest BCUT2D eigenvalue weighted by atomic mass is 32.2. The Bertz CT molecular complexity index is 874. The van der Waals surface area contributed by atoms with Crippen molar-refractivity contribution < 1.29 is 9.59 Å². The highest BCUT2D eigenvalue weighted by Crippen LogP contribution is 2.31. The van der Waals surface area contributed by atoms with Crippen molar-refractivity contribution in [1.29, 1.82) is 0 Å². The number of thioether (sulfide) groups is 1. The first kappa shape index (κ1) is 17.7. The fraction of sp³-hybridized carbons (Fsp3) is 0.188. The zero-order valence-corrected chi connectivity index (χ0v) is 15.9. The highest BCUT2D eigenvalue weighted by molar-refractivity contribution is 8.26. The number of anilines is 1. The van der Waals surface area contributed by atoms with Crippen molar-refractivity contribution in [2.24, 2.45) is 0 Å². The largest absolute Gasteiger partial charge is 0.296 e. The number of nitrogens with one attached hydrogen (secondary N) is 1. The second-order valence-corrected chi connectivity index (χ2v) is 7.91. The van der Waals surface area contributed by atoms with Crippen molar-refractivity contribution in [2.75, 3.05) is 12.4 Å². The Morgan fingerprint density at radius 1 is 1.32 bits per heavy atom. The maximum atomic E-state index is 12.2. The van der Waals surface area contributed by atoms with E-state index < -0.39 is 0 Å².